The number of carbonyl (C=O) groups excluding carboxylic acids is 2. The largest absolute Gasteiger partial charge is 0.480 e. The number of hydrogen-bond acceptors (Lipinski definition) is 8. The fourth-order valence-corrected chi connectivity index (χ4v) is 6.25. The number of alkyl carbamates (subject to hydrolysis) is 1. The van der Waals surface area contributed by atoms with Crippen LogP contribution in [0.4, 0.5) is 4.79 Å². The number of nitrogens with one attached hydrogen (secondary N) is 1. The maximum atomic E-state index is 13.7. The Bertz CT molecular complexity index is 1590. The van der Waals surface area contributed by atoms with E-state index in [1.807, 2.05) is 61.5 Å². The fraction of sp³-hybridized carbons (Fsp3) is 0.344. The molecule has 234 valence electrons. The summed E-state index contributed by atoms with van der Waals surface area (Å²) in [5.41, 5.74) is 1.39. The summed E-state index contributed by atoms with van der Waals surface area (Å²) in [6.45, 7) is 6.68. The molecule has 1 aliphatic rings. The first-order valence-corrected chi connectivity index (χ1v) is 15.5. The molecule has 4 rings (SSSR count). The molecule has 2 unspecified atom stereocenters. The van der Waals surface area contributed by atoms with Crippen molar-refractivity contribution in [3.63, 3.8) is 0 Å². The van der Waals surface area contributed by atoms with Crippen LogP contribution in [-0.4, -0.2) is 61.3 Å². The molecular formula is C32H36N2O9S. The van der Waals surface area contributed by atoms with Crippen molar-refractivity contribution < 1.29 is 42.1 Å². The smallest absolute Gasteiger partial charge is 0.410 e. The molecule has 0 aliphatic carbocycles. The predicted octanol–water partition coefficient (Wildman–Crippen LogP) is 4.24. The maximum absolute atomic E-state index is 13.7. The van der Waals surface area contributed by atoms with E-state index in [-0.39, 0.29) is 24.4 Å². The van der Waals surface area contributed by atoms with Crippen LogP contribution in [0.1, 0.15) is 37.5 Å². The summed E-state index contributed by atoms with van der Waals surface area (Å²) < 4.78 is 44.9. The molecule has 44 heavy (non-hydrogen) atoms. The highest BCUT2D eigenvalue weighted by Crippen LogP contribution is 2.40. The number of sulfonamides is 1. The van der Waals surface area contributed by atoms with Crippen molar-refractivity contribution in [2.45, 2.75) is 56.9 Å². The van der Waals surface area contributed by atoms with E-state index in [4.69, 9.17) is 14.2 Å². The molecule has 0 radical (unpaired) electrons. The number of amides is 1. The van der Waals surface area contributed by atoms with Crippen LogP contribution in [0.25, 0.3) is 0 Å². The molecule has 2 atom stereocenters. The van der Waals surface area contributed by atoms with E-state index in [0.29, 0.717) is 11.3 Å². The third-order valence-electron chi connectivity index (χ3n) is 7.09. The number of ether oxygens (including phenoxy) is 3. The lowest BCUT2D eigenvalue weighted by atomic mass is 9.87. The molecule has 3 aromatic rings. The Balaban J connectivity index is 1.46. The number of carboxylic acid groups (broad SMARTS) is 1. The van der Waals surface area contributed by atoms with Crippen molar-refractivity contribution in [2.75, 3.05) is 13.1 Å². The second kappa shape index (κ2) is 13.5. The molecule has 3 aromatic carbocycles. The van der Waals surface area contributed by atoms with Gasteiger partial charge in [-0.2, -0.15) is 4.31 Å². The lowest BCUT2D eigenvalue weighted by molar-refractivity contribution is -0.169. The Hall–Kier alpha value is -4.42. The number of esters is 1. The summed E-state index contributed by atoms with van der Waals surface area (Å²) in [6.07, 6.45) is -2.56. The van der Waals surface area contributed by atoms with Crippen molar-refractivity contribution in [1.29, 1.82) is 0 Å². The normalized spacial score (nSPS) is 15.8. The summed E-state index contributed by atoms with van der Waals surface area (Å²) in [5.74, 6) is -1.75. The van der Waals surface area contributed by atoms with Crippen molar-refractivity contribution in [3.8, 4) is 5.75 Å². The van der Waals surface area contributed by atoms with E-state index in [0.717, 1.165) is 11.1 Å². The fourth-order valence-electron chi connectivity index (χ4n) is 4.64. The summed E-state index contributed by atoms with van der Waals surface area (Å²) in [5, 5.41) is 11.9. The van der Waals surface area contributed by atoms with Gasteiger partial charge in [-0.15, -0.1) is 0 Å². The maximum Gasteiger partial charge on any atom is 0.410 e. The molecule has 1 fully saturated rings. The minimum absolute atomic E-state index is 0.0204. The van der Waals surface area contributed by atoms with Gasteiger partial charge in [-0.05, 0) is 42.3 Å². The third kappa shape index (κ3) is 7.74. The summed E-state index contributed by atoms with van der Waals surface area (Å²) in [6, 6.07) is 21.4. The summed E-state index contributed by atoms with van der Waals surface area (Å²) in [7, 11) is -3.97. The van der Waals surface area contributed by atoms with Gasteiger partial charge in [0.1, 0.15) is 11.8 Å². The molecule has 0 bridgehead atoms. The van der Waals surface area contributed by atoms with Gasteiger partial charge in [0.15, 0.2) is 5.60 Å². The zero-order valence-electron chi connectivity index (χ0n) is 24.9. The molecule has 1 aliphatic heterocycles. The monoisotopic (exact) mass is 624 g/mol. The molecule has 1 saturated heterocycles. The van der Waals surface area contributed by atoms with Crippen molar-refractivity contribution >= 4 is 28.1 Å². The molecule has 11 nitrogen and oxygen atoms in total. The zero-order chi connectivity index (χ0) is 32.1. The van der Waals surface area contributed by atoms with Gasteiger partial charge in [0.25, 0.3) is 0 Å². The Labute approximate surface area is 256 Å². The minimum Gasteiger partial charge on any atom is -0.480 e. The van der Waals surface area contributed by atoms with Gasteiger partial charge >= 0.3 is 18.0 Å². The number of nitrogens with zero attached hydrogens (tertiary/aromatic N) is 1. The number of hydrogen-bond donors (Lipinski definition) is 2. The second-order valence-corrected chi connectivity index (χ2v) is 12.9. The molecule has 0 saturated carbocycles. The van der Waals surface area contributed by atoms with E-state index >= 15 is 0 Å². The first-order valence-electron chi connectivity index (χ1n) is 14.1. The van der Waals surface area contributed by atoms with Crippen LogP contribution in [0.2, 0.25) is 0 Å². The molecule has 2 N–H and O–H groups in total. The number of benzene rings is 3. The van der Waals surface area contributed by atoms with E-state index < -0.39 is 51.9 Å². The molecule has 0 spiro atoms. The van der Waals surface area contributed by atoms with Gasteiger partial charge in [-0.3, -0.25) is 4.79 Å². The van der Waals surface area contributed by atoms with Gasteiger partial charge < -0.3 is 24.6 Å². The summed E-state index contributed by atoms with van der Waals surface area (Å²) in [4.78, 5) is 35.9. The van der Waals surface area contributed by atoms with Crippen LogP contribution < -0.4 is 10.1 Å². The van der Waals surface area contributed by atoms with Gasteiger partial charge in [-0.25, -0.2) is 18.0 Å². The lowest BCUT2D eigenvalue weighted by Crippen LogP contribution is -2.64. The number of carbonyl (C=O) groups is 3. The van der Waals surface area contributed by atoms with E-state index in [1.54, 1.807) is 19.9 Å². The molecule has 0 aromatic heterocycles. The number of aryl methyl sites for hydroxylation is 1. The SMILES string of the molecule is Cc1ccc(OC2(c3ccccc3)CN(S(=O)(=O)c3cccc(CC(NC(=O)OC(C)OC(=O)C(C)C)C(=O)O)c3)C2)cc1. The molecule has 1 heterocycles. The molecular weight excluding hydrogens is 588 g/mol. The average Bonchev–Trinajstić information content (AvgIpc) is 2.95. The number of aliphatic carboxylic acids is 1. The van der Waals surface area contributed by atoms with Gasteiger partial charge in [0.05, 0.1) is 23.9 Å². The van der Waals surface area contributed by atoms with Gasteiger partial charge in [0.2, 0.25) is 16.3 Å². The lowest BCUT2D eigenvalue weighted by Gasteiger charge is -2.48. The van der Waals surface area contributed by atoms with Crippen LogP contribution in [-0.2, 0) is 41.1 Å². The number of rotatable bonds is 12. The average molecular weight is 625 g/mol. The first kappa shape index (κ1) is 32.5. The minimum atomic E-state index is -3.97. The molecule has 1 amide bonds. The Morgan fingerprint density at radius 1 is 0.932 bits per heavy atom. The van der Waals surface area contributed by atoms with Crippen LogP contribution in [0.3, 0.4) is 0 Å². The van der Waals surface area contributed by atoms with Crippen LogP contribution in [0, 0.1) is 12.8 Å². The third-order valence-corrected chi connectivity index (χ3v) is 8.88. The van der Waals surface area contributed by atoms with E-state index in [1.165, 1.54) is 29.4 Å². The second-order valence-electron chi connectivity index (χ2n) is 11.0. The number of carboxylic acids is 1. The summed E-state index contributed by atoms with van der Waals surface area (Å²) >= 11 is 0. The molecule has 12 heteroatoms. The Kier molecular flexibility index (Phi) is 9.95. The van der Waals surface area contributed by atoms with Crippen molar-refractivity contribution in [3.05, 3.63) is 95.6 Å². The highest BCUT2D eigenvalue weighted by atomic mass is 32.2. The van der Waals surface area contributed by atoms with Crippen molar-refractivity contribution in [2.24, 2.45) is 5.92 Å². The predicted molar refractivity (Wildman–Crippen MR) is 160 cm³/mol. The quantitative estimate of drug-likeness (QED) is 0.223. The standard InChI is InChI=1S/C32H36N2O9S/c1-21(2)30(37)41-23(4)42-31(38)33-28(29(35)36)18-24-9-8-12-27(17-24)44(39,40)34-19-32(20-34,25-10-6-5-7-11-25)43-26-15-13-22(3)14-16-26/h5-17,21,23,28H,18-20H2,1-4H3,(H,33,38)(H,35,36). The van der Waals surface area contributed by atoms with E-state index in [2.05, 4.69) is 5.32 Å². The Morgan fingerprint density at radius 2 is 1.59 bits per heavy atom. The van der Waals surface area contributed by atoms with Crippen LogP contribution in [0.15, 0.2) is 83.8 Å². The van der Waals surface area contributed by atoms with E-state index in [9.17, 15) is 27.9 Å². The van der Waals surface area contributed by atoms with Crippen LogP contribution >= 0.6 is 0 Å². The van der Waals surface area contributed by atoms with Crippen molar-refractivity contribution in [1.82, 2.24) is 9.62 Å². The Morgan fingerprint density at radius 3 is 2.20 bits per heavy atom. The van der Waals surface area contributed by atoms with Gasteiger partial charge in [-0.1, -0.05) is 74.0 Å². The van der Waals surface area contributed by atoms with Crippen LogP contribution in [0.5, 0.6) is 5.75 Å². The topological polar surface area (TPSA) is 149 Å². The van der Waals surface area contributed by atoms with Gasteiger partial charge in [0, 0.05) is 13.3 Å². The highest BCUT2D eigenvalue weighted by molar-refractivity contribution is 7.89. The first-order chi connectivity index (χ1) is 20.8. The highest BCUT2D eigenvalue weighted by Gasteiger charge is 2.52. The zero-order valence-corrected chi connectivity index (χ0v) is 25.7.